The molecule has 1 aromatic heterocycles. The Balaban J connectivity index is 1.89. The van der Waals surface area contributed by atoms with Crippen LogP contribution in [0.2, 0.25) is 0 Å². The normalized spacial score (nSPS) is 11.4. The van der Waals surface area contributed by atoms with Gasteiger partial charge in [0.2, 0.25) is 0 Å². The van der Waals surface area contributed by atoms with Crippen molar-refractivity contribution in [1.82, 2.24) is 4.98 Å². The molecule has 1 heterocycles. The molecule has 0 bridgehead atoms. The van der Waals surface area contributed by atoms with Gasteiger partial charge in [-0.05, 0) is 37.6 Å². The molecule has 1 atom stereocenters. The number of nitrogens with zero attached hydrogens (tertiary/aromatic N) is 2. The lowest BCUT2D eigenvalue weighted by Crippen LogP contribution is -2.20. The SMILES string of the molecule is CCCCOc1ccc(C(=O)OCC(=O)[C@@H](C#N)c2nc(C)cs2)cc1. The first kappa shape index (κ1) is 19.6. The summed E-state index contributed by atoms with van der Waals surface area (Å²) in [6, 6.07) is 8.45. The average molecular weight is 372 g/mol. The van der Waals surface area contributed by atoms with Crippen LogP contribution in [0.15, 0.2) is 29.6 Å². The zero-order valence-electron chi connectivity index (χ0n) is 14.7. The van der Waals surface area contributed by atoms with Crippen molar-refractivity contribution >= 4 is 23.1 Å². The summed E-state index contributed by atoms with van der Waals surface area (Å²) in [7, 11) is 0. The monoisotopic (exact) mass is 372 g/mol. The Morgan fingerprint density at radius 2 is 2.04 bits per heavy atom. The van der Waals surface area contributed by atoms with Crippen molar-refractivity contribution in [2.75, 3.05) is 13.2 Å². The number of aryl methyl sites for hydroxylation is 1. The van der Waals surface area contributed by atoms with Gasteiger partial charge < -0.3 is 9.47 Å². The van der Waals surface area contributed by atoms with Crippen molar-refractivity contribution in [2.45, 2.75) is 32.6 Å². The summed E-state index contributed by atoms with van der Waals surface area (Å²) in [4.78, 5) is 28.4. The minimum Gasteiger partial charge on any atom is -0.494 e. The molecule has 7 heteroatoms. The van der Waals surface area contributed by atoms with E-state index in [1.54, 1.807) is 36.6 Å². The Kier molecular flexibility index (Phi) is 7.30. The Hall–Kier alpha value is -2.72. The van der Waals surface area contributed by atoms with E-state index >= 15 is 0 Å². The number of nitriles is 1. The van der Waals surface area contributed by atoms with E-state index in [4.69, 9.17) is 9.47 Å². The van der Waals surface area contributed by atoms with Crippen LogP contribution < -0.4 is 4.74 Å². The molecule has 0 N–H and O–H groups in total. The molecule has 0 unspecified atom stereocenters. The topological polar surface area (TPSA) is 89.3 Å². The van der Waals surface area contributed by atoms with E-state index in [1.807, 2.05) is 6.07 Å². The van der Waals surface area contributed by atoms with E-state index in [0.717, 1.165) is 18.5 Å². The predicted octanol–water partition coefficient (Wildman–Crippen LogP) is 3.66. The fourth-order valence-electron chi connectivity index (χ4n) is 2.09. The summed E-state index contributed by atoms with van der Waals surface area (Å²) in [6.45, 7) is 4.02. The first-order chi connectivity index (χ1) is 12.5. The molecule has 0 saturated heterocycles. The molecule has 0 amide bonds. The number of aromatic nitrogens is 1. The highest BCUT2D eigenvalue weighted by Gasteiger charge is 2.24. The van der Waals surface area contributed by atoms with E-state index in [-0.39, 0.29) is 0 Å². The van der Waals surface area contributed by atoms with Crippen molar-refractivity contribution in [3.63, 3.8) is 0 Å². The molecule has 2 rings (SSSR count). The van der Waals surface area contributed by atoms with Gasteiger partial charge in [-0.3, -0.25) is 4.79 Å². The zero-order valence-corrected chi connectivity index (χ0v) is 15.5. The van der Waals surface area contributed by atoms with Gasteiger partial charge in [0, 0.05) is 11.1 Å². The minimum atomic E-state index is -1.02. The molecule has 0 aliphatic rings. The van der Waals surface area contributed by atoms with Crippen LogP contribution in [0.25, 0.3) is 0 Å². The maximum absolute atomic E-state index is 12.2. The van der Waals surface area contributed by atoms with E-state index in [0.29, 0.717) is 22.9 Å². The number of esters is 1. The Morgan fingerprint density at radius 1 is 1.31 bits per heavy atom. The van der Waals surface area contributed by atoms with Crippen molar-refractivity contribution in [3.8, 4) is 11.8 Å². The molecule has 0 fully saturated rings. The van der Waals surface area contributed by atoms with Crippen LogP contribution >= 0.6 is 11.3 Å². The second-order valence-electron chi connectivity index (χ2n) is 5.66. The number of thiazole rings is 1. The molecule has 2 aromatic rings. The summed E-state index contributed by atoms with van der Waals surface area (Å²) >= 11 is 1.24. The number of unbranched alkanes of at least 4 members (excludes halogenated alkanes) is 1. The minimum absolute atomic E-state index is 0.319. The molecule has 0 aliphatic carbocycles. The van der Waals surface area contributed by atoms with Crippen LogP contribution in [0.1, 0.15) is 46.7 Å². The quantitative estimate of drug-likeness (QED) is 0.493. The van der Waals surface area contributed by atoms with Crippen molar-refractivity contribution in [2.24, 2.45) is 0 Å². The summed E-state index contributed by atoms with van der Waals surface area (Å²) < 4.78 is 10.6. The van der Waals surface area contributed by atoms with Crippen LogP contribution in [-0.2, 0) is 9.53 Å². The van der Waals surface area contributed by atoms with Gasteiger partial charge in [0.15, 0.2) is 18.3 Å². The standard InChI is InChI=1S/C19H20N2O4S/c1-3-4-9-24-15-7-5-14(6-8-15)19(23)25-11-17(22)16(10-20)18-21-13(2)12-26-18/h5-8,12,16H,3-4,9,11H2,1-2H3/t16-/m1/s1. The Labute approximate surface area is 156 Å². The number of rotatable bonds is 9. The van der Waals surface area contributed by atoms with Gasteiger partial charge >= 0.3 is 5.97 Å². The third-order valence-electron chi connectivity index (χ3n) is 3.54. The smallest absolute Gasteiger partial charge is 0.338 e. The molecule has 26 heavy (non-hydrogen) atoms. The van der Waals surface area contributed by atoms with E-state index in [9.17, 15) is 14.9 Å². The van der Waals surface area contributed by atoms with Gasteiger partial charge in [-0.2, -0.15) is 5.26 Å². The molecule has 0 saturated carbocycles. The first-order valence-electron chi connectivity index (χ1n) is 8.29. The van der Waals surface area contributed by atoms with Gasteiger partial charge in [-0.1, -0.05) is 13.3 Å². The van der Waals surface area contributed by atoms with Crippen LogP contribution in [-0.4, -0.2) is 30.0 Å². The van der Waals surface area contributed by atoms with Crippen LogP contribution in [0.4, 0.5) is 0 Å². The van der Waals surface area contributed by atoms with Gasteiger partial charge in [0.1, 0.15) is 10.8 Å². The van der Waals surface area contributed by atoms with Gasteiger partial charge in [-0.15, -0.1) is 11.3 Å². The molecular weight excluding hydrogens is 352 g/mol. The largest absolute Gasteiger partial charge is 0.494 e. The number of benzene rings is 1. The summed E-state index contributed by atoms with van der Waals surface area (Å²) in [5.74, 6) is -1.45. The molecule has 136 valence electrons. The van der Waals surface area contributed by atoms with Crippen LogP contribution in [0.5, 0.6) is 5.75 Å². The number of Topliss-reactive ketones (excluding diaryl/α,β-unsaturated/α-hetero) is 1. The Morgan fingerprint density at radius 3 is 2.62 bits per heavy atom. The molecule has 0 spiro atoms. The number of ether oxygens (including phenoxy) is 2. The zero-order chi connectivity index (χ0) is 18.9. The second-order valence-corrected chi connectivity index (χ2v) is 6.55. The molecule has 1 aromatic carbocycles. The van der Waals surface area contributed by atoms with E-state index in [1.165, 1.54) is 11.3 Å². The number of carbonyl (C=O) groups excluding carboxylic acids is 2. The number of hydrogen-bond acceptors (Lipinski definition) is 7. The van der Waals surface area contributed by atoms with E-state index < -0.39 is 24.3 Å². The van der Waals surface area contributed by atoms with E-state index in [2.05, 4.69) is 11.9 Å². The average Bonchev–Trinajstić information content (AvgIpc) is 3.07. The maximum Gasteiger partial charge on any atom is 0.338 e. The fourth-order valence-corrected chi connectivity index (χ4v) is 2.96. The van der Waals surface area contributed by atoms with Gasteiger partial charge in [0.05, 0.1) is 18.2 Å². The van der Waals surface area contributed by atoms with Crippen LogP contribution in [0.3, 0.4) is 0 Å². The summed E-state index contributed by atoms with van der Waals surface area (Å²) in [5.41, 5.74) is 1.07. The number of ketones is 1. The van der Waals surface area contributed by atoms with Crippen molar-refractivity contribution in [1.29, 1.82) is 5.26 Å². The predicted molar refractivity (Wildman–Crippen MR) is 97.3 cm³/mol. The fraction of sp³-hybridized carbons (Fsp3) is 0.368. The Bertz CT molecular complexity index is 793. The van der Waals surface area contributed by atoms with Crippen molar-refractivity contribution < 1.29 is 19.1 Å². The first-order valence-corrected chi connectivity index (χ1v) is 9.17. The van der Waals surface area contributed by atoms with Gasteiger partial charge in [0.25, 0.3) is 0 Å². The highest BCUT2D eigenvalue weighted by molar-refractivity contribution is 7.09. The molecular formula is C19H20N2O4S. The lowest BCUT2D eigenvalue weighted by molar-refractivity contribution is -0.122. The molecule has 6 nitrogen and oxygen atoms in total. The molecule has 0 radical (unpaired) electrons. The number of carbonyl (C=O) groups is 2. The lowest BCUT2D eigenvalue weighted by Gasteiger charge is -2.08. The highest BCUT2D eigenvalue weighted by atomic mass is 32.1. The van der Waals surface area contributed by atoms with Gasteiger partial charge in [-0.25, -0.2) is 9.78 Å². The molecule has 0 aliphatic heterocycles. The van der Waals surface area contributed by atoms with Crippen molar-refractivity contribution in [3.05, 3.63) is 45.9 Å². The third kappa shape index (κ3) is 5.39. The highest BCUT2D eigenvalue weighted by Crippen LogP contribution is 2.21. The summed E-state index contributed by atoms with van der Waals surface area (Å²) in [5, 5.41) is 11.4. The number of hydrogen-bond donors (Lipinski definition) is 0. The second kappa shape index (κ2) is 9.68. The maximum atomic E-state index is 12.2. The summed E-state index contributed by atoms with van der Waals surface area (Å²) in [6.07, 6.45) is 2.01. The lowest BCUT2D eigenvalue weighted by atomic mass is 10.1. The third-order valence-corrected chi connectivity index (χ3v) is 4.56. The van der Waals surface area contributed by atoms with Crippen LogP contribution in [0, 0.1) is 18.3 Å².